The molecule has 1 aliphatic heterocycles. The second-order valence-corrected chi connectivity index (χ2v) is 8.17. The molecular weight excluding hydrogens is 364 g/mol. The molecule has 4 rings (SSSR count). The van der Waals surface area contributed by atoms with E-state index in [0.717, 1.165) is 24.5 Å². The SMILES string of the molecule is CN(C)c1ccc(NC(=O)C2(C(=O)Nc3ccc(N4CCCC4)cc3)CC2)cc1. The maximum Gasteiger partial charge on any atom is 0.240 e. The molecular formula is C23H28N4O2. The summed E-state index contributed by atoms with van der Waals surface area (Å²) < 4.78 is 0. The maximum atomic E-state index is 12.8. The van der Waals surface area contributed by atoms with Crippen LogP contribution in [0.5, 0.6) is 0 Å². The first-order valence-corrected chi connectivity index (χ1v) is 10.2. The van der Waals surface area contributed by atoms with Crippen molar-refractivity contribution in [3.05, 3.63) is 48.5 Å². The smallest absolute Gasteiger partial charge is 0.240 e. The molecule has 0 aromatic heterocycles. The fraction of sp³-hybridized carbons (Fsp3) is 0.391. The fourth-order valence-electron chi connectivity index (χ4n) is 3.76. The Balaban J connectivity index is 1.38. The first kappa shape index (κ1) is 19.3. The summed E-state index contributed by atoms with van der Waals surface area (Å²) in [5.74, 6) is -0.463. The largest absolute Gasteiger partial charge is 0.378 e. The molecule has 1 saturated carbocycles. The van der Waals surface area contributed by atoms with Gasteiger partial charge < -0.3 is 20.4 Å². The van der Waals surface area contributed by atoms with Crippen molar-refractivity contribution in [2.24, 2.45) is 5.41 Å². The van der Waals surface area contributed by atoms with Crippen LogP contribution in [0.2, 0.25) is 0 Å². The summed E-state index contributed by atoms with van der Waals surface area (Å²) in [6.45, 7) is 2.18. The van der Waals surface area contributed by atoms with Crippen molar-refractivity contribution in [3.63, 3.8) is 0 Å². The Hall–Kier alpha value is -3.02. The summed E-state index contributed by atoms with van der Waals surface area (Å²) in [5, 5.41) is 5.83. The molecule has 0 atom stereocenters. The number of benzene rings is 2. The average Bonchev–Trinajstić information content (AvgIpc) is 3.37. The molecule has 0 spiro atoms. The maximum absolute atomic E-state index is 12.8. The van der Waals surface area contributed by atoms with Crippen molar-refractivity contribution < 1.29 is 9.59 Å². The fourth-order valence-corrected chi connectivity index (χ4v) is 3.76. The standard InChI is InChI=1S/C23H28N4O2/c1-26(2)19-9-5-17(6-10-19)24-21(28)23(13-14-23)22(29)25-18-7-11-20(12-8-18)27-15-3-4-16-27/h5-12H,3-4,13-16H2,1-2H3,(H,24,28)(H,25,29). The molecule has 152 valence electrons. The van der Waals surface area contributed by atoms with Gasteiger partial charge in [0.1, 0.15) is 5.41 Å². The van der Waals surface area contributed by atoms with Gasteiger partial charge in [0.15, 0.2) is 0 Å². The third-order valence-corrected chi connectivity index (χ3v) is 5.86. The highest BCUT2D eigenvalue weighted by molar-refractivity contribution is 6.16. The molecule has 6 heteroatoms. The van der Waals surface area contributed by atoms with Gasteiger partial charge in [-0.25, -0.2) is 0 Å². The van der Waals surface area contributed by atoms with Crippen LogP contribution in [0.1, 0.15) is 25.7 Å². The van der Waals surface area contributed by atoms with Gasteiger partial charge in [-0.05, 0) is 74.2 Å². The molecule has 2 fully saturated rings. The van der Waals surface area contributed by atoms with Gasteiger partial charge >= 0.3 is 0 Å². The molecule has 0 unspecified atom stereocenters. The lowest BCUT2D eigenvalue weighted by Crippen LogP contribution is -2.35. The first-order chi connectivity index (χ1) is 14.0. The first-order valence-electron chi connectivity index (χ1n) is 10.2. The molecule has 2 amide bonds. The highest BCUT2D eigenvalue weighted by Crippen LogP contribution is 2.47. The number of anilines is 4. The van der Waals surface area contributed by atoms with E-state index in [0.29, 0.717) is 18.5 Å². The Morgan fingerprint density at radius 2 is 1.31 bits per heavy atom. The van der Waals surface area contributed by atoms with E-state index in [9.17, 15) is 9.59 Å². The minimum Gasteiger partial charge on any atom is -0.378 e. The Morgan fingerprint density at radius 3 is 1.76 bits per heavy atom. The van der Waals surface area contributed by atoms with Crippen LogP contribution in [0.15, 0.2) is 48.5 Å². The number of carbonyl (C=O) groups is 2. The number of nitrogens with one attached hydrogen (secondary N) is 2. The third-order valence-electron chi connectivity index (χ3n) is 5.86. The summed E-state index contributed by atoms with van der Waals surface area (Å²) in [6, 6.07) is 15.5. The number of carbonyl (C=O) groups excluding carboxylic acids is 2. The Bertz CT molecular complexity index is 880. The van der Waals surface area contributed by atoms with E-state index in [4.69, 9.17) is 0 Å². The highest BCUT2D eigenvalue weighted by atomic mass is 16.2. The summed E-state index contributed by atoms with van der Waals surface area (Å²) in [7, 11) is 3.93. The van der Waals surface area contributed by atoms with Gasteiger partial charge in [0, 0.05) is 49.9 Å². The summed E-state index contributed by atoms with van der Waals surface area (Å²) in [4.78, 5) is 30.0. The number of hydrogen-bond acceptors (Lipinski definition) is 4. The second kappa shape index (κ2) is 7.78. The highest BCUT2D eigenvalue weighted by Gasteiger charge is 2.56. The number of nitrogens with zero attached hydrogens (tertiary/aromatic N) is 2. The average molecular weight is 393 g/mol. The van der Waals surface area contributed by atoms with Gasteiger partial charge in [0.2, 0.25) is 11.8 Å². The molecule has 2 aliphatic rings. The monoisotopic (exact) mass is 392 g/mol. The van der Waals surface area contributed by atoms with Gasteiger partial charge in [0.25, 0.3) is 0 Å². The lowest BCUT2D eigenvalue weighted by Gasteiger charge is -2.19. The zero-order chi connectivity index (χ0) is 20.4. The lowest BCUT2D eigenvalue weighted by atomic mass is 10.0. The van der Waals surface area contributed by atoms with E-state index in [1.165, 1.54) is 18.5 Å². The van der Waals surface area contributed by atoms with E-state index in [1.807, 2.05) is 67.5 Å². The molecule has 0 bridgehead atoms. The number of rotatable bonds is 6. The Morgan fingerprint density at radius 1 is 0.828 bits per heavy atom. The van der Waals surface area contributed by atoms with Crippen molar-refractivity contribution in [2.45, 2.75) is 25.7 Å². The van der Waals surface area contributed by atoms with Crippen molar-refractivity contribution in [1.82, 2.24) is 0 Å². The van der Waals surface area contributed by atoms with Crippen molar-refractivity contribution in [2.75, 3.05) is 47.6 Å². The van der Waals surface area contributed by atoms with Crippen molar-refractivity contribution in [3.8, 4) is 0 Å². The zero-order valence-corrected chi connectivity index (χ0v) is 17.1. The molecule has 1 saturated heterocycles. The molecule has 1 heterocycles. The van der Waals surface area contributed by atoms with E-state index < -0.39 is 5.41 Å². The van der Waals surface area contributed by atoms with Gasteiger partial charge in [0.05, 0.1) is 0 Å². The van der Waals surface area contributed by atoms with Gasteiger partial charge in [-0.1, -0.05) is 0 Å². The number of hydrogen-bond donors (Lipinski definition) is 2. The van der Waals surface area contributed by atoms with E-state index in [2.05, 4.69) is 15.5 Å². The summed E-state index contributed by atoms with van der Waals surface area (Å²) in [6.07, 6.45) is 3.61. The van der Waals surface area contributed by atoms with E-state index in [1.54, 1.807) is 0 Å². The van der Waals surface area contributed by atoms with Gasteiger partial charge in [-0.3, -0.25) is 9.59 Å². The zero-order valence-electron chi connectivity index (χ0n) is 17.1. The van der Waals surface area contributed by atoms with Gasteiger partial charge in [-0.2, -0.15) is 0 Å². The number of amides is 2. The summed E-state index contributed by atoms with van der Waals surface area (Å²) >= 11 is 0. The van der Waals surface area contributed by atoms with E-state index >= 15 is 0 Å². The van der Waals surface area contributed by atoms with Crippen LogP contribution >= 0.6 is 0 Å². The van der Waals surface area contributed by atoms with Crippen LogP contribution in [0, 0.1) is 5.41 Å². The molecule has 1 aliphatic carbocycles. The molecule has 6 nitrogen and oxygen atoms in total. The minimum absolute atomic E-state index is 0.228. The van der Waals surface area contributed by atoms with E-state index in [-0.39, 0.29) is 11.8 Å². The van der Waals surface area contributed by atoms with Crippen LogP contribution in [0.25, 0.3) is 0 Å². The predicted octanol–water partition coefficient (Wildman–Crippen LogP) is 3.71. The quantitative estimate of drug-likeness (QED) is 0.736. The van der Waals surface area contributed by atoms with Crippen LogP contribution in [0.3, 0.4) is 0 Å². The summed E-state index contributed by atoms with van der Waals surface area (Å²) in [5.41, 5.74) is 2.70. The second-order valence-electron chi connectivity index (χ2n) is 8.17. The molecule has 2 N–H and O–H groups in total. The predicted molar refractivity (Wildman–Crippen MR) is 118 cm³/mol. The molecule has 2 aromatic carbocycles. The normalized spacial score (nSPS) is 17.0. The topological polar surface area (TPSA) is 64.7 Å². The molecule has 29 heavy (non-hydrogen) atoms. The third kappa shape index (κ3) is 4.06. The van der Waals surface area contributed by atoms with Gasteiger partial charge in [-0.15, -0.1) is 0 Å². The lowest BCUT2D eigenvalue weighted by molar-refractivity contribution is -0.131. The molecule has 0 radical (unpaired) electrons. The van der Waals surface area contributed by atoms with Crippen LogP contribution in [-0.2, 0) is 9.59 Å². The molecule has 2 aromatic rings. The van der Waals surface area contributed by atoms with Crippen LogP contribution in [-0.4, -0.2) is 39.0 Å². The Labute approximate surface area is 171 Å². The van der Waals surface area contributed by atoms with Crippen molar-refractivity contribution in [1.29, 1.82) is 0 Å². The van der Waals surface area contributed by atoms with Crippen molar-refractivity contribution >= 4 is 34.6 Å². The Kier molecular flexibility index (Phi) is 5.18. The van der Waals surface area contributed by atoms with Crippen LogP contribution in [0.4, 0.5) is 22.7 Å². The minimum atomic E-state index is -0.964. The van der Waals surface area contributed by atoms with Crippen LogP contribution < -0.4 is 20.4 Å².